The van der Waals surface area contributed by atoms with Crippen molar-refractivity contribution in [3.8, 4) is 0 Å². The topological polar surface area (TPSA) is 83.6 Å². The van der Waals surface area contributed by atoms with Crippen molar-refractivity contribution in [2.75, 3.05) is 32.8 Å². The molecule has 0 radical (unpaired) electrons. The number of pyridine rings is 1. The van der Waals surface area contributed by atoms with Crippen LogP contribution in [0.3, 0.4) is 0 Å². The fourth-order valence-corrected chi connectivity index (χ4v) is 3.18. The number of hydrogen-bond acceptors (Lipinski definition) is 5. The molecular weight excluding hydrogens is 308 g/mol. The molecule has 1 aromatic heterocycles. The molecule has 24 heavy (non-hydrogen) atoms. The Morgan fingerprint density at radius 3 is 2.92 bits per heavy atom. The smallest absolute Gasteiger partial charge is 0.244 e. The zero-order valence-electron chi connectivity index (χ0n) is 13.7. The summed E-state index contributed by atoms with van der Waals surface area (Å²) < 4.78 is 5.33. The maximum Gasteiger partial charge on any atom is 0.244 e. The number of rotatable bonds is 4. The van der Waals surface area contributed by atoms with E-state index in [1.165, 1.54) is 0 Å². The molecule has 7 heteroatoms. The molecule has 0 aromatic carbocycles. The molecule has 1 atom stereocenters. The second-order valence-corrected chi connectivity index (χ2v) is 6.18. The molecule has 3 heterocycles. The summed E-state index contributed by atoms with van der Waals surface area (Å²) >= 11 is 0. The zero-order valence-corrected chi connectivity index (χ0v) is 13.7. The normalized spacial score (nSPS) is 22.2. The van der Waals surface area contributed by atoms with Gasteiger partial charge in [-0.1, -0.05) is 6.07 Å². The predicted molar refractivity (Wildman–Crippen MR) is 88.0 cm³/mol. The van der Waals surface area contributed by atoms with Gasteiger partial charge in [0.25, 0.3) is 0 Å². The Balaban J connectivity index is 1.60. The number of nitrogens with zero attached hydrogens (tertiary/aromatic N) is 2. The Hall–Kier alpha value is -1.99. The highest BCUT2D eigenvalue weighted by Gasteiger charge is 2.35. The molecule has 0 aliphatic carbocycles. The van der Waals surface area contributed by atoms with Crippen LogP contribution in [0.2, 0.25) is 0 Å². The highest BCUT2D eigenvalue weighted by atomic mass is 16.5. The monoisotopic (exact) mass is 332 g/mol. The van der Waals surface area contributed by atoms with E-state index in [2.05, 4.69) is 15.6 Å². The van der Waals surface area contributed by atoms with Gasteiger partial charge in [0.2, 0.25) is 11.8 Å². The molecule has 0 saturated carbocycles. The zero-order chi connectivity index (χ0) is 16.8. The van der Waals surface area contributed by atoms with Crippen LogP contribution >= 0.6 is 0 Å². The highest BCUT2D eigenvalue weighted by molar-refractivity contribution is 5.89. The number of ether oxygens (including phenoxy) is 1. The van der Waals surface area contributed by atoms with Gasteiger partial charge in [-0.15, -0.1) is 0 Å². The van der Waals surface area contributed by atoms with Crippen molar-refractivity contribution in [3.05, 3.63) is 30.1 Å². The van der Waals surface area contributed by atoms with Crippen LogP contribution in [0.1, 0.15) is 18.5 Å². The van der Waals surface area contributed by atoms with Crippen molar-refractivity contribution in [3.63, 3.8) is 0 Å². The summed E-state index contributed by atoms with van der Waals surface area (Å²) in [6.45, 7) is 3.40. The van der Waals surface area contributed by atoms with E-state index < -0.39 is 6.04 Å². The van der Waals surface area contributed by atoms with Crippen molar-refractivity contribution < 1.29 is 14.3 Å². The van der Waals surface area contributed by atoms with Gasteiger partial charge in [0.1, 0.15) is 6.04 Å². The van der Waals surface area contributed by atoms with Crippen molar-refractivity contribution in [1.29, 1.82) is 0 Å². The average Bonchev–Trinajstić information content (AvgIpc) is 2.67. The van der Waals surface area contributed by atoms with E-state index in [0.717, 1.165) is 25.1 Å². The van der Waals surface area contributed by atoms with Crippen LogP contribution in [0.15, 0.2) is 24.4 Å². The van der Waals surface area contributed by atoms with Crippen LogP contribution in [0.4, 0.5) is 0 Å². The van der Waals surface area contributed by atoms with E-state index in [1.54, 1.807) is 11.1 Å². The first-order chi connectivity index (χ1) is 11.8. The lowest BCUT2D eigenvalue weighted by Gasteiger charge is -2.38. The number of aromatic nitrogens is 1. The first kappa shape index (κ1) is 16.9. The van der Waals surface area contributed by atoms with Gasteiger partial charge in [0.05, 0.1) is 12.2 Å². The van der Waals surface area contributed by atoms with Crippen molar-refractivity contribution in [1.82, 2.24) is 20.5 Å². The van der Waals surface area contributed by atoms with E-state index in [0.29, 0.717) is 32.8 Å². The summed E-state index contributed by atoms with van der Waals surface area (Å²) in [6, 6.07) is 5.13. The van der Waals surface area contributed by atoms with Crippen molar-refractivity contribution >= 4 is 11.8 Å². The Morgan fingerprint density at radius 2 is 2.17 bits per heavy atom. The van der Waals surface area contributed by atoms with Crippen molar-refractivity contribution in [2.24, 2.45) is 5.92 Å². The number of carbonyl (C=O) groups excluding carboxylic acids is 2. The first-order valence-corrected chi connectivity index (χ1v) is 8.52. The van der Waals surface area contributed by atoms with Crippen molar-refractivity contribution in [2.45, 2.75) is 25.4 Å². The minimum atomic E-state index is -0.460. The molecule has 2 saturated heterocycles. The van der Waals surface area contributed by atoms with Gasteiger partial charge >= 0.3 is 0 Å². The minimum Gasteiger partial charge on any atom is -0.381 e. The van der Waals surface area contributed by atoms with Gasteiger partial charge < -0.3 is 20.3 Å². The van der Waals surface area contributed by atoms with Crippen LogP contribution < -0.4 is 10.6 Å². The van der Waals surface area contributed by atoms with Crippen LogP contribution in [0.5, 0.6) is 0 Å². The molecule has 3 rings (SSSR count). The number of carbonyl (C=O) groups is 2. The molecule has 0 spiro atoms. The van der Waals surface area contributed by atoms with Gasteiger partial charge in [0.15, 0.2) is 0 Å². The molecule has 2 N–H and O–H groups in total. The van der Waals surface area contributed by atoms with Gasteiger partial charge in [-0.25, -0.2) is 0 Å². The molecule has 2 aliphatic rings. The average molecular weight is 332 g/mol. The Labute approximate surface area is 141 Å². The second-order valence-electron chi connectivity index (χ2n) is 6.18. The fourth-order valence-electron chi connectivity index (χ4n) is 3.18. The minimum absolute atomic E-state index is 0.0251. The van der Waals surface area contributed by atoms with Gasteiger partial charge in [-0.05, 0) is 25.0 Å². The number of nitrogens with one attached hydrogen (secondary N) is 2. The number of piperazine rings is 1. The summed E-state index contributed by atoms with van der Waals surface area (Å²) in [5.74, 6) is -0.0750. The van der Waals surface area contributed by atoms with E-state index in [-0.39, 0.29) is 17.7 Å². The lowest BCUT2D eigenvalue weighted by molar-refractivity contribution is -0.147. The molecule has 7 nitrogen and oxygen atoms in total. The first-order valence-electron chi connectivity index (χ1n) is 8.52. The molecule has 2 aliphatic heterocycles. The molecule has 2 fully saturated rings. The maximum absolute atomic E-state index is 12.8. The third kappa shape index (κ3) is 4.10. The van der Waals surface area contributed by atoms with Gasteiger partial charge in [-0.2, -0.15) is 0 Å². The van der Waals surface area contributed by atoms with E-state index >= 15 is 0 Å². The lowest BCUT2D eigenvalue weighted by Crippen LogP contribution is -2.60. The Morgan fingerprint density at radius 1 is 1.33 bits per heavy atom. The van der Waals surface area contributed by atoms with Crippen LogP contribution in [0, 0.1) is 5.92 Å². The highest BCUT2D eigenvalue weighted by Crippen LogP contribution is 2.19. The van der Waals surface area contributed by atoms with Crippen LogP contribution in [0.25, 0.3) is 0 Å². The van der Waals surface area contributed by atoms with Gasteiger partial charge in [0, 0.05) is 45.0 Å². The molecule has 2 amide bonds. The SMILES string of the molecule is O=C(NCc1ccccn1)[C@H]1CNCCN1C(=O)C1CCOCC1. The second kappa shape index (κ2) is 8.21. The third-order valence-electron chi connectivity index (χ3n) is 4.57. The Kier molecular flexibility index (Phi) is 5.77. The number of hydrogen-bond donors (Lipinski definition) is 2. The lowest BCUT2D eigenvalue weighted by atomic mass is 9.97. The summed E-state index contributed by atoms with van der Waals surface area (Å²) in [5.41, 5.74) is 0.803. The number of amides is 2. The molecule has 1 aromatic rings. The predicted octanol–water partition coefficient (Wildman–Crippen LogP) is -0.0752. The van der Waals surface area contributed by atoms with E-state index in [4.69, 9.17) is 4.74 Å². The summed E-state index contributed by atoms with van der Waals surface area (Å²) in [6.07, 6.45) is 3.18. The standard InChI is InChI=1S/C17H24N4O3/c22-16(20-11-14-3-1-2-6-19-14)15-12-18-7-8-21(15)17(23)13-4-9-24-10-5-13/h1-3,6,13,15,18H,4-5,7-12H2,(H,20,22)/t15-/m1/s1. The van der Waals surface area contributed by atoms with Gasteiger partial charge in [-0.3, -0.25) is 14.6 Å². The van der Waals surface area contributed by atoms with E-state index in [1.807, 2.05) is 18.2 Å². The largest absolute Gasteiger partial charge is 0.381 e. The quantitative estimate of drug-likeness (QED) is 0.806. The Bertz CT molecular complexity index is 560. The van der Waals surface area contributed by atoms with Crippen LogP contribution in [-0.2, 0) is 20.9 Å². The molecule has 0 bridgehead atoms. The summed E-state index contributed by atoms with van der Waals surface area (Å²) in [7, 11) is 0. The summed E-state index contributed by atoms with van der Waals surface area (Å²) in [5, 5.41) is 6.10. The van der Waals surface area contributed by atoms with Crippen LogP contribution in [-0.4, -0.2) is 60.6 Å². The molecule has 130 valence electrons. The fraction of sp³-hybridized carbons (Fsp3) is 0.588. The molecular formula is C17H24N4O3. The molecule has 0 unspecified atom stereocenters. The third-order valence-corrected chi connectivity index (χ3v) is 4.57. The maximum atomic E-state index is 12.8. The van der Waals surface area contributed by atoms with E-state index in [9.17, 15) is 9.59 Å². The summed E-state index contributed by atoms with van der Waals surface area (Å²) in [4.78, 5) is 31.3.